The Labute approximate surface area is 137 Å². The lowest BCUT2D eigenvalue weighted by molar-refractivity contribution is -0.115. The number of thiazole rings is 1. The lowest BCUT2D eigenvalue weighted by atomic mass is 10.3. The number of nitrogens with one attached hydrogen (secondary N) is 1. The molecular formula is C15H16N2O3S2. The molecule has 0 atom stereocenters. The Morgan fingerprint density at radius 1 is 1.32 bits per heavy atom. The highest BCUT2D eigenvalue weighted by molar-refractivity contribution is 7.99. The van der Waals surface area contributed by atoms with E-state index in [1.807, 2.05) is 24.3 Å². The Kier molecular flexibility index (Phi) is 5.97. The summed E-state index contributed by atoms with van der Waals surface area (Å²) in [4.78, 5) is 28.1. The summed E-state index contributed by atoms with van der Waals surface area (Å²) in [5.41, 5.74) is 0.382. The van der Waals surface area contributed by atoms with Crippen molar-refractivity contribution in [2.24, 2.45) is 0 Å². The summed E-state index contributed by atoms with van der Waals surface area (Å²) in [5.74, 6) is 1.27. The molecule has 1 amide bonds. The molecule has 2 aromatic rings. The van der Waals surface area contributed by atoms with Gasteiger partial charge in [-0.25, -0.2) is 4.98 Å². The molecule has 1 aromatic carbocycles. The van der Waals surface area contributed by atoms with Crippen LogP contribution in [0.5, 0.6) is 5.75 Å². The van der Waals surface area contributed by atoms with Crippen LogP contribution >= 0.6 is 23.1 Å². The topological polar surface area (TPSA) is 68.3 Å². The van der Waals surface area contributed by atoms with Crippen LogP contribution in [0.4, 0.5) is 5.13 Å². The van der Waals surface area contributed by atoms with Crippen LogP contribution in [0.25, 0.3) is 0 Å². The molecule has 0 spiro atoms. The second-order valence-corrected chi connectivity index (χ2v) is 6.44. The highest BCUT2D eigenvalue weighted by atomic mass is 32.2. The second kappa shape index (κ2) is 7.95. The normalized spacial score (nSPS) is 10.3. The van der Waals surface area contributed by atoms with E-state index < -0.39 is 0 Å². The van der Waals surface area contributed by atoms with E-state index in [4.69, 9.17) is 4.74 Å². The van der Waals surface area contributed by atoms with Gasteiger partial charge in [0.25, 0.3) is 0 Å². The lowest BCUT2D eigenvalue weighted by Crippen LogP contribution is -2.12. The molecule has 0 saturated carbocycles. The molecule has 0 unspecified atom stereocenters. The van der Waals surface area contributed by atoms with Gasteiger partial charge in [0.2, 0.25) is 5.91 Å². The molecule has 1 N–H and O–H groups in total. The predicted molar refractivity (Wildman–Crippen MR) is 89.1 cm³/mol. The summed E-state index contributed by atoms with van der Waals surface area (Å²) < 4.78 is 5.09. The Balaban J connectivity index is 1.76. The van der Waals surface area contributed by atoms with Gasteiger partial charge in [0, 0.05) is 29.4 Å². The number of Topliss-reactive ketones (excluding diaryl/α,β-unsaturated/α-hetero) is 1. The number of benzene rings is 1. The molecule has 0 aliphatic carbocycles. The van der Waals surface area contributed by atoms with Gasteiger partial charge in [-0.3, -0.25) is 9.59 Å². The molecule has 22 heavy (non-hydrogen) atoms. The number of rotatable bonds is 7. The summed E-state index contributed by atoms with van der Waals surface area (Å²) in [6.07, 6.45) is 0.381. The quantitative estimate of drug-likeness (QED) is 0.619. The maximum absolute atomic E-state index is 11.8. The zero-order valence-corrected chi connectivity index (χ0v) is 13.9. The number of carbonyl (C=O) groups excluding carboxylic acids is 2. The first kappa shape index (κ1) is 16.5. The van der Waals surface area contributed by atoms with Crippen molar-refractivity contribution in [3.05, 3.63) is 35.3 Å². The van der Waals surface area contributed by atoms with Crippen LogP contribution in [-0.4, -0.2) is 29.5 Å². The third-order valence-corrected chi connectivity index (χ3v) is 4.54. The maximum Gasteiger partial charge on any atom is 0.226 e. The summed E-state index contributed by atoms with van der Waals surface area (Å²) in [6, 6.07) is 7.70. The second-order valence-electron chi connectivity index (χ2n) is 4.42. The number of methoxy groups -OCH3 is 1. The Bertz CT molecular complexity index is 653. The van der Waals surface area contributed by atoms with Gasteiger partial charge < -0.3 is 10.1 Å². The number of thioether (sulfide) groups is 1. The molecule has 0 bridgehead atoms. The molecule has 1 heterocycles. The third-order valence-electron chi connectivity index (χ3n) is 2.77. The minimum Gasteiger partial charge on any atom is -0.497 e. The van der Waals surface area contributed by atoms with Crippen LogP contribution in [0.3, 0.4) is 0 Å². The van der Waals surface area contributed by atoms with Crippen molar-refractivity contribution in [3.63, 3.8) is 0 Å². The fourth-order valence-corrected chi connectivity index (χ4v) is 3.23. The highest BCUT2D eigenvalue weighted by Crippen LogP contribution is 2.22. The summed E-state index contributed by atoms with van der Waals surface area (Å²) in [5, 5.41) is 4.81. The average molecular weight is 336 g/mol. The number of nitrogens with zero attached hydrogens (tertiary/aromatic N) is 1. The van der Waals surface area contributed by atoms with E-state index in [0.29, 0.717) is 23.0 Å². The SMILES string of the molecule is COc1ccc(SCCC(=O)Nc2nc(C(C)=O)cs2)cc1. The van der Waals surface area contributed by atoms with E-state index in [0.717, 1.165) is 10.6 Å². The molecule has 0 aliphatic heterocycles. The van der Waals surface area contributed by atoms with E-state index in [-0.39, 0.29) is 11.7 Å². The molecule has 1 aromatic heterocycles. The number of amides is 1. The Morgan fingerprint density at radius 2 is 2.05 bits per heavy atom. The van der Waals surface area contributed by atoms with Crippen molar-refractivity contribution in [2.45, 2.75) is 18.2 Å². The van der Waals surface area contributed by atoms with Gasteiger partial charge >= 0.3 is 0 Å². The number of aromatic nitrogens is 1. The van der Waals surface area contributed by atoms with Crippen LogP contribution < -0.4 is 10.1 Å². The molecule has 0 fully saturated rings. The fourth-order valence-electron chi connectivity index (χ4n) is 1.61. The average Bonchev–Trinajstić information content (AvgIpc) is 2.96. The van der Waals surface area contributed by atoms with Gasteiger partial charge in [0.1, 0.15) is 11.4 Å². The molecule has 5 nitrogen and oxygen atoms in total. The smallest absolute Gasteiger partial charge is 0.226 e. The van der Waals surface area contributed by atoms with Gasteiger partial charge in [-0.15, -0.1) is 23.1 Å². The van der Waals surface area contributed by atoms with E-state index in [9.17, 15) is 9.59 Å². The van der Waals surface area contributed by atoms with Crippen LogP contribution in [0.1, 0.15) is 23.8 Å². The standard InChI is InChI=1S/C15H16N2O3S2/c1-10(18)13-9-22-15(16-13)17-14(19)7-8-21-12-5-3-11(20-2)4-6-12/h3-6,9H,7-8H2,1-2H3,(H,16,17,19). The van der Waals surface area contributed by atoms with Crippen LogP contribution in [-0.2, 0) is 4.79 Å². The van der Waals surface area contributed by atoms with Crippen molar-refractivity contribution in [2.75, 3.05) is 18.2 Å². The number of hydrogen-bond acceptors (Lipinski definition) is 6. The van der Waals surface area contributed by atoms with E-state index >= 15 is 0 Å². The van der Waals surface area contributed by atoms with Crippen molar-refractivity contribution in [3.8, 4) is 5.75 Å². The zero-order valence-electron chi connectivity index (χ0n) is 12.3. The van der Waals surface area contributed by atoms with Crippen molar-refractivity contribution in [1.82, 2.24) is 4.98 Å². The number of ketones is 1. The van der Waals surface area contributed by atoms with Gasteiger partial charge in [-0.1, -0.05) is 0 Å². The summed E-state index contributed by atoms with van der Waals surface area (Å²) in [7, 11) is 1.63. The van der Waals surface area contributed by atoms with Gasteiger partial charge in [0.15, 0.2) is 10.9 Å². The van der Waals surface area contributed by atoms with E-state index in [1.54, 1.807) is 24.3 Å². The van der Waals surface area contributed by atoms with Crippen molar-refractivity contribution in [1.29, 1.82) is 0 Å². The monoisotopic (exact) mass is 336 g/mol. The first-order chi connectivity index (χ1) is 10.6. The predicted octanol–water partition coefficient (Wildman–Crippen LogP) is 3.48. The molecule has 7 heteroatoms. The van der Waals surface area contributed by atoms with Gasteiger partial charge in [-0.05, 0) is 24.3 Å². The lowest BCUT2D eigenvalue weighted by Gasteiger charge is -2.04. The van der Waals surface area contributed by atoms with E-state index in [2.05, 4.69) is 10.3 Å². The third kappa shape index (κ3) is 4.85. The number of ether oxygens (including phenoxy) is 1. The molecule has 116 valence electrons. The Morgan fingerprint density at radius 3 is 2.64 bits per heavy atom. The molecule has 0 radical (unpaired) electrons. The number of anilines is 1. The van der Waals surface area contributed by atoms with Crippen molar-refractivity contribution < 1.29 is 14.3 Å². The number of hydrogen-bond donors (Lipinski definition) is 1. The number of carbonyl (C=O) groups is 2. The molecule has 0 aliphatic rings. The highest BCUT2D eigenvalue weighted by Gasteiger charge is 2.09. The summed E-state index contributed by atoms with van der Waals surface area (Å²) in [6.45, 7) is 1.45. The van der Waals surface area contributed by atoms with Gasteiger partial charge in [0.05, 0.1) is 7.11 Å². The molecule has 2 rings (SSSR count). The van der Waals surface area contributed by atoms with Crippen LogP contribution in [0.15, 0.2) is 34.5 Å². The minimum absolute atomic E-state index is 0.105. The van der Waals surface area contributed by atoms with Gasteiger partial charge in [-0.2, -0.15) is 0 Å². The first-order valence-corrected chi connectivity index (χ1v) is 8.48. The first-order valence-electron chi connectivity index (χ1n) is 6.61. The van der Waals surface area contributed by atoms with Crippen molar-refractivity contribution >= 4 is 39.9 Å². The molecular weight excluding hydrogens is 320 g/mol. The Hall–Kier alpha value is -1.86. The fraction of sp³-hybridized carbons (Fsp3) is 0.267. The van der Waals surface area contributed by atoms with Crippen LogP contribution in [0, 0.1) is 0 Å². The van der Waals surface area contributed by atoms with E-state index in [1.165, 1.54) is 18.3 Å². The summed E-state index contributed by atoms with van der Waals surface area (Å²) >= 11 is 2.86. The molecule has 0 saturated heterocycles. The zero-order chi connectivity index (χ0) is 15.9. The largest absolute Gasteiger partial charge is 0.497 e. The maximum atomic E-state index is 11.8. The van der Waals surface area contributed by atoms with Crippen LogP contribution in [0.2, 0.25) is 0 Å². The minimum atomic E-state index is -0.106.